The van der Waals surface area contributed by atoms with Crippen molar-refractivity contribution in [2.75, 3.05) is 89.5 Å². The first-order valence-electron chi connectivity index (χ1n) is 25.2. The zero-order chi connectivity index (χ0) is 53.0. The predicted octanol–water partition coefficient (Wildman–Crippen LogP) is 7.41. The molecule has 3 heterocycles. The van der Waals surface area contributed by atoms with Gasteiger partial charge in [0.15, 0.2) is 0 Å². The summed E-state index contributed by atoms with van der Waals surface area (Å²) in [5.41, 5.74) is 3.31. The van der Waals surface area contributed by atoms with Gasteiger partial charge in [-0.2, -0.15) is 0 Å². The third kappa shape index (κ3) is 25.0. The minimum Gasteiger partial charge on any atom is -0.495 e. The molecule has 18 nitrogen and oxygen atoms in total. The van der Waals surface area contributed by atoms with Crippen LogP contribution >= 0.6 is 0 Å². The molecule has 0 radical (unpaired) electrons. The van der Waals surface area contributed by atoms with E-state index >= 15 is 0 Å². The van der Waals surface area contributed by atoms with Gasteiger partial charge in [-0.15, -0.1) is 0 Å². The van der Waals surface area contributed by atoms with Crippen LogP contribution in [0.2, 0.25) is 0 Å². The van der Waals surface area contributed by atoms with Crippen LogP contribution in [0.15, 0.2) is 48.5 Å². The first kappa shape index (κ1) is 63.9. The fraction of sp³-hybridized carbons (Fsp3) is 0.635. The molecule has 0 bridgehead atoms. The number of methoxy groups -OCH3 is 2. The molecule has 3 aliphatic rings. The third-order valence-corrected chi connectivity index (χ3v) is 11.2. The lowest BCUT2D eigenvalue weighted by Crippen LogP contribution is -2.51. The summed E-state index contributed by atoms with van der Waals surface area (Å²) in [4.78, 5) is 88.9. The normalized spacial score (nSPS) is 14.9. The zero-order valence-corrected chi connectivity index (χ0v) is 44.5. The first-order valence-corrected chi connectivity index (χ1v) is 25.2. The van der Waals surface area contributed by atoms with Gasteiger partial charge in [0, 0.05) is 58.7 Å². The molecule has 18 heteroatoms. The Balaban J connectivity index is 0.000000999. The Morgan fingerprint density at radius 3 is 1.80 bits per heavy atom. The fourth-order valence-electron chi connectivity index (χ4n) is 7.05. The number of benzene rings is 2. The third-order valence-electron chi connectivity index (χ3n) is 11.2. The SMILES string of the molecule is CC.CC.CCC(C)C.CCCC[C@@H](NC(=O)CNC(=O)CNC(=O)N1CCCCCC1)C(=O)NCC(=O)O.COC(=O)N1CC(C)c2ccccc21.COc1ccccc1N1CCN(C(C)=O)CC1. The van der Waals surface area contributed by atoms with Crippen molar-refractivity contribution in [3.63, 3.8) is 0 Å². The molecule has 7 amide bonds. The minimum atomic E-state index is -1.18. The van der Waals surface area contributed by atoms with Crippen LogP contribution in [-0.2, 0) is 28.7 Å². The van der Waals surface area contributed by atoms with Gasteiger partial charge < -0.3 is 50.5 Å². The number of urea groups is 1. The Morgan fingerprint density at radius 1 is 0.714 bits per heavy atom. The van der Waals surface area contributed by atoms with Crippen LogP contribution in [0.3, 0.4) is 0 Å². The van der Waals surface area contributed by atoms with E-state index in [0.717, 1.165) is 81.3 Å². The van der Waals surface area contributed by atoms with Crippen molar-refractivity contribution in [1.82, 2.24) is 31.1 Å². The van der Waals surface area contributed by atoms with Gasteiger partial charge >= 0.3 is 18.1 Å². The van der Waals surface area contributed by atoms with Crippen LogP contribution < -0.4 is 35.8 Å². The number of carboxylic acids is 1. The molecule has 2 fully saturated rings. The number of amides is 7. The summed E-state index contributed by atoms with van der Waals surface area (Å²) in [6, 6.07) is 14.8. The van der Waals surface area contributed by atoms with Crippen LogP contribution in [-0.4, -0.2) is 142 Å². The van der Waals surface area contributed by atoms with Crippen molar-refractivity contribution in [3.05, 3.63) is 54.1 Å². The molecule has 5 N–H and O–H groups in total. The maximum atomic E-state index is 12.1. The standard InChI is InChI=1S/C19H33N5O6.C13H18N2O2.C11H13NO2.C5H12.2C2H6/c1-2-3-8-14(18(29)21-13-17(27)28)23-16(26)12-20-15(25)11-22-19(30)24-9-6-4-5-7-10-24;1-11(16)14-7-9-15(10-8-14)12-5-3-4-6-13(12)17-2;1-8-7-12(11(13)14-2)10-6-4-3-5-9(8)10;1-4-5(2)3;2*1-2/h14H,2-13H2,1H3,(H,20,25)(H,21,29)(H,22,30)(H,23,26)(H,27,28);3-6H,7-10H2,1-2H3;3-6,8H,7H2,1-2H3;5H,4H2,1-3H3;2*1-2H3/t14-;;;;;/m1...../s1. The molecule has 0 spiro atoms. The molecule has 0 saturated carbocycles. The van der Waals surface area contributed by atoms with Gasteiger partial charge in [0.05, 0.1) is 38.7 Å². The van der Waals surface area contributed by atoms with Gasteiger partial charge in [-0.25, -0.2) is 9.59 Å². The van der Waals surface area contributed by atoms with Crippen molar-refractivity contribution in [2.45, 2.75) is 133 Å². The number of carbonyl (C=O) groups excluding carboxylic acids is 6. The van der Waals surface area contributed by atoms with Crippen LogP contribution in [0, 0.1) is 5.92 Å². The second-order valence-electron chi connectivity index (χ2n) is 16.7. The van der Waals surface area contributed by atoms with Gasteiger partial charge in [-0.05, 0) is 48.9 Å². The number of carbonyl (C=O) groups is 7. The van der Waals surface area contributed by atoms with Crippen LogP contribution in [0.4, 0.5) is 21.0 Å². The number of likely N-dealkylation sites (tertiary alicyclic amines) is 1. The molecule has 0 aliphatic carbocycles. The molecule has 2 aromatic carbocycles. The van der Waals surface area contributed by atoms with E-state index in [1.807, 2.05) is 75.9 Å². The minimum absolute atomic E-state index is 0.157. The van der Waals surface area contributed by atoms with Crippen molar-refractivity contribution < 1.29 is 48.1 Å². The largest absolute Gasteiger partial charge is 0.495 e. The number of nitrogens with one attached hydrogen (secondary N) is 4. The van der Waals surface area contributed by atoms with E-state index in [4.69, 9.17) is 14.6 Å². The lowest BCUT2D eigenvalue weighted by Gasteiger charge is -2.36. The van der Waals surface area contributed by atoms with Crippen molar-refractivity contribution in [2.24, 2.45) is 5.92 Å². The first-order chi connectivity index (χ1) is 33.6. The van der Waals surface area contributed by atoms with E-state index in [1.54, 1.807) is 23.8 Å². The van der Waals surface area contributed by atoms with Crippen LogP contribution in [0.5, 0.6) is 5.75 Å². The molecule has 1 unspecified atom stereocenters. The molecule has 0 aromatic heterocycles. The molecule has 3 aliphatic heterocycles. The number of rotatable bonds is 14. The number of fused-ring (bicyclic) bond motifs is 1. The molecule has 2 aromatic rings. The number of hydrogen-bond acceptors (Lipinski definition) is 10. The van der Waals surface area contributed by atoms with Gasteiger partial charge in [0.2, 0.25) is 23.6 Å². The number of anilines is 2. The number of nitrogens with zero attached hydrogens (tertiary/aromatic N) is 4. The summed E-state index contributed by atoms with van der Waals surface area (Å²) in [5, 5.41) is 18.3. The zero-order valence-electron chi connectivity index (χ0n) is 44.5. The molecular formula is C52H88N8O10. The summed E-state index contributed by atoms with van der Waals surface area (Å²) in [6.45, 7) is 24.5. The number of para-hydroxylation sites is 3. The maximum Gasteiger partial charge on any atom is 0.414 e. The highest BCUT2D eigenvalue weighted by molar-refractivity contribution is 5.92. The smallest absolute Gasteiger partial charge is 0.414 e. The summed E-state index contributed by atoms with van der Waals surface area (Å²) in [5.74, 6) is -0.537. The molecule has 70 heavy (non-hydrogen) atoms. The average Bonchev–Trinajstić information content (AvgIpc) is 3.51. The van der Waals surface area contributed by atoms with Gasteiger partial charge in [-0.1, -0.05) is 125 Å². The Labute approximate surface area is 418 Å². The number of unbranched alkanes of at least 4 members (excludes halogenated alkanes) is 1. The maximum absolute atomic E-state index is 12.1. The quantitative estimate of drug-likeness (QED) is 0.126. The summed E-state index contributed by atoms with van der Waals surface area (Å²) in [6.07, 6.45) is 6.92. The lowest BCUT2D eigenvalue weighted by atomic mass is 10.0. The molecule has 396 valence electrons. The van der Waals surface area contributed by atoms with E-state index in [0.29, 0.717) is 38.4 Å². The Hall–Kier alpha value is -6.07. The van der Waals surface area contributed by atoms with Crippen molar-refractivity contribution >= 4 is 53.1 Å². The Kier molecular flexibility index (Phi) is 34.5. The highest BCUT2D eigenvalue weighted by Crippen LogP contribution is 2.35. The highest BCUT2D eigenvalue weighted by Gasteiger charge is 2.30. The van der Waals surface area contributed by atoms with E-state index in [1.165, 1.54) is 19.1 Å². The monoisotopic (exact) mass is 985 g/mol. The predicted molar refractivity (Wildman–Crippen MR) is 278 cm³/mol. The summed E-state index contributed by atoms with van der Waals surface area (Å²) >= 11 is 0. The number of hydrogen-bond donors (Lipinski definition) is 5. The topological polar surface area (TPSA) is 219 Å². The lowest BCUT2D eigenvalue weighted by molar-refractivity contribution is -0.138. The number of piperazine rings is 1. The summed E-state index contributed by atoms with van der Waals surface area (Å²) in [7, 11) is 3.10. The van der Waals surface area contributed by atoms with Crippen molar-refractivity contribution in [1.29, 1.82) is 0 Å². The van der Waals surface area contributed by atoms with E-state index in [9.17, 15) is 33.6 Å². The highest BCUT2D eigenvalue weighted by atomic mass is 16.5. The Bertz CT molecular complexity index is 1830. The van der Waals surface area contributed by atoms with Gasteiger partial charge in [0.1, 0.15) is 18.3 Å². The number of ether oxygens (including phenoxy) is 2. The van der Waals surface area contributed by atoms with Gasteiger partial charge in [-0.3, -0.25) is 28.9 Å². The second-order valence-corrected chi connectivity index (χ2v) is 16.7. The molecule has 5 rings (SSSR count). The van der Waals surface area contributed by atoms with Crippen molar-refractivity contribution in [3.8, 4) is 5.75 Å². The number of carboxylic acid groups (broad SMARTS) is 1. The van der Waals surface area contributed by atoms with Crippen LogP contribution in [0.1, 0.15) is 132 Å². The molecular weight excluding hydrogens is 897 g/mol. The average molecular weight is 985 g/mol. The number of aliphatic carboxylic acids is 1. The van der Waals surface area contributed by atoms with E-state index < -0.39 is 36.3 Å². The van der Waals surface area contributed by atoms with Gasteiger partial charge in [0.25, 0.3) is 0 Å². The summed E-state index contributed by atoms with van der Waals surface area (Å²) < 4.78 is 10.1. The Morgan fingerprint density at radius 2 is 1.27 bits per heavy atom. The van der Waals surface area contributed by atoms with E-state index in [-0.39, 0.29) is 31.1 Å². The second kappa shape index (κ2) is 37.8. The van der Waals surface area contributed by atoms with Crippen LogP contribution in [0.25, 0.3) is 0 Å². The fourth-order valence-corrected chi connectivity index (χ4v) is 7.05. The van der Waals surface area contributed by atoms with E-state index in [2.05, 4.69) is 66.0 Å². The molecule has 2 saturated heterocycles. The molecule has 2 atom stereocenters.